The van der Waals surface area contributed by atoms with Crippen molar-refractivity contribution in [1.82, 2.24) is 4.98 Å². The largest absolute Gasteiger partial charge is 0.360 e. The van der Waals surface area contributed by atoms with Gasteiger partial charge in [-0.2, -0.15) is 0 Å². The summed E-state index contributed by atoms with van der Waals surface area (Å²) in [5, 5.41) is 0.350. The maximum absolute atomic E-state index is 11.0. The summed E-state index contributed by atoms with van der Waals surface area (Å²) < 4.78 is 5.53. The van der Waals surface area contributed by atoms with Gasteiger partial charge in [0, 0.05) is 0 Å². The van der Waals surface area contributed by atoms with Crippen molar-refractivity contribution in [2.45, 2.75) is 12.7 Å². The van der Waals surface area contributed by atoms with Gasteiger partial charge in [0.2, 0.25) is 0 Å². The molecule has 1 atom stereocenters. The van der Waals surface area contributed by atoms with Gasteiger partial charge in [-0.15, -0.1) is 0 Å². The fraction of sp³-hybridized carbons (Fsp3) is 0.143. The first-order valence-electron chi connectivity index (χ1n) is 5.53. The predicted octanol–water partition coefficient (Wildman–Crippen LogP) is 3.19. The van der Waals surface area contributed by atoms with Crippen LogP contribution in [0.3, 0.4) is 0 Å². The van der Waals surface area contributed by atoms with Gasteiger partial charge >= 0.3 is 0 Å². The first-order valence-corrected chi connectivity index (χ1v) is 5.90. The maximum Gasteiger partial charge on any atom is 0.155 e. The Bertz CT molecular complexity index is 516. The molecule has 4 heteroatoms. The molecule has 0 saturated carbocycles. The Hall–Kier alpha value is -1.71. The lowest BCUT2D eigenvalue weighted by Gasteiger charge is -2.11. The summed E-state index contributed by atoms with van der Waals surface area (Å²) in [6, 6.07) is 14.8. The molecule has 0 saturated heterocycles. The van der Waals surface area contributed by atoms with E-state index in [0.717, 1.165) is 11.8 Å². The number of rotatable bonds is 5. The van der Waals surface area contributed by atoms with Crippen LogP contribution in [-0.4, -0.2) is 11.3 Å². The number of halogens is 1. The molecule has 0 bridgehead atoms. The Balaban J connectivity index is 2.04. The average Bonchev–Trinajstić information content (AvgIpc) is 2.41. The summed E-state index contributed by atoms with van der Waals surface area (Å²) in [7, 11) is 0. The molecule has 0 radical (unpaired) electrons. The molecule has 1 unspecified atom stereocenters. The number of hydrogen-bond donors (Lipinski definition) is 0. The van der Waals surface area contributed by atoms with Crippen LogP contribution in [0.5, 0.6) is 0 Å². The Morgan fingerprint density at radius 3 is 2.61 bits per heavy atom. The lowest BCUT2D eigenvalue weighted by Crippen LogP contribution is -2.07. The standard InChI is InChI=1S/C14H12ClNO2/c15-14-8-4-7-12(16-14)13(9-17)18-10-11-5-2-1-3-6-11/h1-9,13H,10H2. The minimum atomic E-state index is -0.691. The molecule has 1 heterocycles. The maximum atomic E-state index is 11.0. The van der Waals surface area contributed by atoms with Crippen LogP contribution >= 0.6 is 11.6 Å². The lowest BCUT2D eigenvalue weighted by atomic mass is 10.2. The average molecular weight is 262 g/mol. The number of pyridine rings is 1. The van der Waals surface area contributed by atoms with Gasteiger partial charge in [-0.25, -0.2) is 4.98 Å². The van der Waals surface area contributed by atoms with Crippen LogP contribution in [-0.2, 0) is 16.1 Å². The number of hydrogen-bond acceptors (Lipinski definition) is 3. The van der Waals surface area contributed by atoms with Crippen molar-refractivity contribution in [3.63, 3.8) is 0 Å². The summed E-state index contributed by atoms with van der Waals surface area (Å²) in [6.07, 6.45) is 0.0330. The van der Waals surface area contributed by atoms with Gasteiger partial charge in [0.15, 0.2) is 12.4 Å². The first kappa shape index (κ1) is 12.7. The van der Waals surface area contributed by atoms with Crippen molar-refractivity contribution in [3.05, 3.63) is 64.9 Å². The molecular weight excluding hydrogens is 250 g/mol. The minimum absolute atomic E-state index is 0.350. The number of aldehydes is 1. The monoisotopic (exact) mass is 261 g/mol. The normalized spacial score (nSPS) is 12.1. The van der Waals surface area contributed by atoms with Crippen LogP contribution in [0.15, 0.2) is 48.5 Å². The van der Waals surface area contributed by atoms with E-state index in [-0.39, 0.29) is 0 Å². The van der Waals surface area contributed by atoms with Gasteiger partial charge in [-0.05, 0) is 17.7 Å². The third-order valence-corrected chi connectivity index (χ3v) is 2.63. The van der Waals surface area contributed by atoms with E-state index >= 15 is 0 Å². The van der Waals surface area contributed by atoms with Crippen LogP contribution in [0.4, 0.5) is 0 Å². The summed E-state index contributed by atoms with van der Waals surface area (Å²) in [5.41, 5.74) is 1.53. The van der Waals surface area contributed by atoms with E-state index in [1.54, 1.807) is 18.2 Å². The third-order valence-electron chi connectivity index (χ3n) is 2.42. The van der Waals surface area contributed by atoms with Crippen LogP contribution < -0.4 is 0 Å². The van der Waals surface area contributed by atoms with Crippen LogP contribution in [0, 0.1) is 0 Å². The highest BCUT2D eigenvalue weighted by Crippen LogP contribution is 2.17. The fourth-order valence-corrected chi connectivity index (χ4v) is 1.71. The molecule has 0 amide bonds. The highest BCUT2D eigenvalue weighted by Gasteiger charge is 2.12. The number of ether oxygens (including phenoxy) is 1. The SMILES string of the molecule is O=CC(OCc1ccccc1)c1cccc(Cl)n1. The number of nitrogens with zero attached hydrogens (tertiary/aromatic N) is 1. The Labute approximate surface area is 110 Å². The third kappa shape index (κ3) is 3.39. The molecule has 0 aliphatic carbocycles. The number of carbonyl (C=O) groups excluding carboxylic acids is 1. The lowest BCUT2D eigenvalue weighted by molar-refractivity contribution is -0.119. The number of carbonyl (C=O) groups is 1. The molecule has 1 aromatic heterocycles. The Morgan fingerprint density at radius 1 is 1.17 bits per heavy atom. The van der Waals surface area contributed by atoms with Crippen LogP contribution in [0.1, 0.15) is 17.4 Å². The predicted molar refractivity (Wildman–Crippen MR) is 69.3 cm³/mol. The van der Waals surface area contributed by atoms with Gasteiger partial charge in [0.25, 0.3) is 0 Å². The second-order valence-electron chi connectivity index (χ2n) is 3.74. The van der Waals surface area contributed by atoms with Crippen molar-refractivity contribution in [2.24, 2.45) is 0 Å². The van der Waals surface area contributed by atoms with Crippen LogP contribution in [0.25, 0.3) is 0 Å². The van der Waals surface area contributed by atoms with E-state index in [1.165, 1.54) is 0 Å². The molecule has 0 fully saturated rings. The first-order chi connectivity index (χ1) is 8.79. The molecule has 0 aliphatic rings. The molecule has 3 nitrogen and oxygen atoms in total. The molecule has 0 N–H and O–H groups in total. The summed E-state index contributed by atoms with van der Waals surface area (Å²) in [5.74, 6) is 0. The zero-order chi connectivity index (χ0) is 12.8. The van der Waals surface area contributed by atoms with E-state index in [2.05, 4.69) is 4.98 Å². The van der Waals surface area contributed by atoms with Gasteiger partial charge in [-0.1, -0.05) is 48.0 Å². The summed E-state index contributed by atoms with van der Waals surface area (Å²) >= 11 is 5.78. The van der Waals surface area contributed by atoms with Crippen LogP contribution in [0.2, 0.25) is 5.15 Å². The fourth-order valence-electron chi connectivity index (χ4n) is 1.54. The van der Waals surface area contributed by atoms with Crippen molar-refractivity contribution in [3.8, 4) is 0 Å². The zero-order valence-corrected chi connectivity index (χ0v) is 10.4. The number of aromatic nitrogens is 1. The van der Waals surface area contributed by atoms with Crippen molar-refractivity contribution < 1.29 is 9.53 Å². The van der Waals surface area contributed by atoms with E-state index in [4.69, 9.17) is 16.3 Å². The molecule has 0 aliphatic heterocycles. The van der Waals surface area contributed by atoms with Gasteiger partial charge < -0.3 is 4.74 Å². The molecular formula is C14H12ClNO2. The Kier molecular flexibility index (Phi) is 4.45. The second-order valence-corrected chi connectivity index (χ2v) is 4.13. The van der Waals surface area contributed by atoms with Crippen molar-refractivity contribution in [2.75, 3.05) is 0 Å². The highest BCUT2D eigenvalue weighted by atomic mass is 35.5. The van der Waals surface area contributed by atoms with E-state index in [1.807, 2.05) is 30.3 Å². The van der Waals surface area contributed by atoms with Crippen molar-refractivity contribution >= 4 is 17.9 Å². The van der Waals surface area contributed by atoms with Gasteiger partial charge in [0.05, 0.1) is 12.3 Å². The van der Waals surface area contributed by atoms with E-state index in [9.17, 15) is 4.79 Å². The highest BCUT2D eigenvalue weighted by molar-refractivity contribution is 6.29. The quantitative estimate of drug-likeness (QED) is 0.613. The summed E-state index contributed by atoms with van der Waals surface area (Å²) in [6.45, 7) is 0.360. The van der Waals surface area contributed by atoms with Gasteiger partial charge in [-0.3, -0.25) is 4.79 Å². The molecule has 1 aromatic carbocycles. The molecule has 92 valence electrons. The molecule has 2 aromatic rings. The molecule has 0 spiro atoms. The topological polar surface area (TPSA) is 39.2 Å². The second kappa shape index (κ2) is 6.28. The molecule has 2 rings (SSSR count). The number of benzene rings is 1. The van der Waals surface area contributed by atoms with E-state index < -0.39 is 6.10 Å². The van der Waals surface area contributed by atoms with Gasteiger partial charge in [0.1, 0.15) is 5.15 Å². The minimum Gasteiger partial charge on any atom is -0.360 e. The van der Waals surface area contributed by atoms with E-state index in [0.29, 0.717) is 17.5 Å². The molecule has 18 heavy (non-hydrogen) atoms. The summed E-state index contributed by atoms with van der Waals surface area (Å²) in [4.78, 5) is 15.1. The smallest absolute Gasteiger partial charge is 0.155 e. The van der Waals surface area contributed by atoms with Crippen molar-refractivity contribution in [1.29, 1.82) is 0 Å². The Morgan fingerprint density at radius 2 is 1.94 bits per heavy atom. The zero-order valence-electron chi connectivity index (χ0n) is 9.62.